The fourth-order valence-corrected chi connectivity index (χ4v) is 3.56. The van der Waals surface area contributed by atoms with Gasteiger partial charge in [0, 0.05) is 37.6 Å². The lowest BCUT2D eigenvalue weighted by Crippen LogP contribution is -2.29. The lowest BCUT2D eigenvalue weighted by Gasteiger charge is -2.22. The first-order valence-corrected chi connectivity index (χ1v) is 11.7. The van der Waals surface area contributed by atoms with E-state index in [0.717, 1.165) is 35.2 Å². The van der Waals surface area contributed by atoms with Gasteiger partial charge >= 0.3 is 0 Å². The molecule has 3 rings (SSSR count). The van der Waals surface area contributed by atoms with Crippen molar-refractivity contribution in [2.24, 2.45) is 0 Å². The Labute approximate surface area is 208 Å². The highest BCUT2D eigenvalue weighted by Crippen LogP contribution is 2.26. The lowest BCUT2D eigenvalue weighted by molar-refractivity contribution is 0.326. The third-order valence-corrected chi connectivity index (χ3v) is 5.95. The largest absolute Gasteiger partial charge is 0.497 e. The Balaban J connectivity index is 1.55. The molecule has 5 nitrogen and oxygen atoms in total. The van der Waals surface area contributed by atoms with Gasteiger partial charge in [-0.1, -0.05) is 45.0 Å². The number of nitrogens with zero attached hydrogens (tertiary/aromatic N) is 2. The molecule has 0 aromatic heterocycles. The minimum atomic E-state index is 0.0963. The maximum absolute atomic E-state index is 6.00. The van der Waals surface area contributed by atoms with E-state index in [4.69, 9.17) is 26.4 Å². The predicted octanol–water partition coefficient (Wildman–Crippen LogP) is 6.31. The summed E-state index contributed by atoms with van der Waals surface area (Å²) in [5.41, 5.74) is 3.32. The molecule has 0 spiro atoms. The van der Waals surface area contributed by atoms with Gasteiger partial charge in [0.05, 0.1) is 13.7 Å². The first-order chi connectivity index (χ1) is 16.2. The first-order valence-electron chi connectivity index (χ1n) is 11.3. The molecule has 0 saturated heterocycles. The molecule has 0 bridgehead atoms. The molecule has 0 aliphatic rings. The summed E-state index contributed by atoms with van der Waals surface area (Å²) in [4.78, 5) is 3.97. The van der Waals surface area contributed by atoms with E-state index in [-0.39, 0.29) is 5.41 Å². The summed E-state index contributed by atoms with van der Waals surface area (Å²) in [7, 11) is 5.60. The second kappa shape index (κ2) is 11.3. The Morgan fingerprint density at radius 2 is 1.44 bits per heavy atom. The molecule has 3 aromatic carbocycles. The van der Waals surface area contributed by atoms with E-state index in [2.05, 4.69) is 43.9 Å². The van der Waals surface area contributed by atoms with E-state index in [9.17, 15) is 0 Å². The molecular formula is C28H34N2O3S. The molecule has 0 fully saturated rings. The van der Waals surface area contributed by atoms with Crippen molar-refractivity contribution >= 4 is 28.8 Å². The van der Waals surface area contributed by atoms with E-state index < -0.39 is 0 Å². The molecule has 0 saturated carbocycles. The fourth-order valence-electron chi connectivity index (χ4n) is 3.36. The number of rotatable bonds is 8. The van der Waals surface area contributed by atoms with Gasteiger partial charge in [0.15, 0.2) is 0 Å². The van der Waals surface area contributed by atoms with Gasteiger partial charge in [0.1, 0.15) is 23.9 Å². The zero-order valence-electron chi connectivity index (χ0n) is 20.9. The third kappa shape index (κ3) is 6.87. The summed E-state index contributed by atoms with van der Waals surface area (Å²) < 4.78 is 17.2. The van der Waals surface area contributed by atoms with Crippen molar-refractivity contribution in [3.63, 3.8) is 0 Å². The average Bonchev–Trinajstić information content (AvgIpc) is 2.83. The highest BCUT2D eigenvalue weighted by atomic mass is 32.1. The summed E-state index contributed by atoms with van der Waals surface area (Å²) in [6, 6.07) is 23.9. The molecule has 34 heavy (non-hydrogen) atoms. The topological polar surface area (TPSA) is 34.2 Å². The van der Waals surface area contributed by atoms with Gasteiger partial charge in [-0.3, -0.25) is 0 Å². The van der Waals surface area contributed by atoms with Crippen LogP contribution in [0.2, 0.25) is 0 Å². The van der Waals surface area contributed by atoms with Crippen molar-refractivity contribution in [1.29, 1.82) is 0 Å². The van der Waals surface area contributed by atoms with Crippen LogP contribution in [0.5, 0.6) is 17.2 Å². The molecule has 0 aliphatic heterocycles. The zero-order chi connectivity index (χ0) is 24.7. The maximum atomic E-state index is 6.00. The van der Waals surface area contributed by atoms with Crippen molar-refractivity contribution in [3.8, 4) is 17.2 Å². The van der Waals surface area contributed by atoms with E-state index in [1.165, 1.54) is 5.56 Å². The number of likely N-dealkylation sites (N-methyl/N-ethyl adjacent to an activating group) is 1. The number of hydrogen-bond donors (Lipinski definition) is 0. The van der Waals surface area contributed by atoms with Gasteiger partial charge in [-0.05, 0) is 59.6 Å². The molecular weight excluding hydrogens is 444 g/mol. The number of benzene rings is 3. The highest BCUT2D eigenvalue weighted by molar-refractivity contribution is 7.80. The zero-order valence-corrected chi connectivity index (χ0v) is 21.7. The van der Waals surface area contributed by atoms with Crippen molar-refractivity contribution in [1.82, 2.24) is 0 Å². The number of hydrogen-bond acceptors (Lipinski definition) is 5. The van der Waals surface area contributed by atoms with Crippen LogP contribution in [-0.4, -0.2) is 39.5 Å². The van der Waals surface area contributed by atoms with Crippen LogP contribution in [0.1, 0.15) is 26.3 Å². The molecule has 0 N–H and O–H groups in total. The molecule has 0 amide bonds. The van der Waals surface area contributed by atoms with E-state index in [0.29, 0.717) is 11.8 Å². The fraction of sp³-hybridized carbons (Fsp3) is 0.321. The Hall–Kier alpha value is -3.25. The number of ether oxygens (including phenoxy) is 3. The number of methoxy groups -OCH3 is 1. The summed E-state index contributed by atoms with van der Waals surface area (Å²) in [6.45, 7) is 7.84. The van der Waals surface area contributed by atoms with E-state index in [1.54, 1.807) is 7.11 Å². The monoisotopic (exact) mass is 478 g/mol. The van der Waals surface area contributed by atoms with Crippen LogP contribution in [0, 0.1) is 0 Å². The number of anilines is 2. The Kier molecular flexibility index (Phi) is 8.40. The van der Waals surface area contributed by atoms with Gasteiger partial charge in [-0.15, -0.1) is 0 Å². The lowest BCUT2D eigenvalue weighted by atomic mass is 9.87. The maximum Gasteiger partial charge on any atom is 0.269 e. The van der Waals surface area contributed by atoms with Gasteiger partial charge in [-0.25, -0.2) is 0 Å². The summed E-state index contributed by atoms with van der Waals surface area (Å²) in [5.74, 6) is 2.34. The first kappa shape index (κ1) is 25.4. The van der Waals surface area contributed by atoms with Crippen LogP contribution in [0.3, 0.4) is 0 Å². The summed E-state index contributed by atoms with van der Waals surface area (Å²) in [5, 5.41) is 0.374. The predicted molar refractivity (Wildman–Crippen MR) is 145 cm³/mol. The van der Waals surface area contributed by atoms with E-state index in [1.807, 2.05) is 73.6 Å². The molecule has 6 heteroatoms. The van der Waals surface area contributed by atoms with Crippen molar-refractivity contribution in [3.05, 3.63) is 78.4 Å². The van der Waals surface area contributed by atoms with Crippen LogP contribution in [0.25, 0.3) is 0 Å². The Bertz CT molecular complexity index is 1090. The minimum Gasteiger partial charge on any atom is -0.497 e. The Morgan fingerprint density at radius 3 is 2.09 bits per heavy atom. The molecule has 0 heterocycles. The summed E-state index contributed by atoms with van der Waals surface area (Å²) in [6.07, 6.45) is 0. The van der Waals surface area contributed by atoms with Gasteiger partial charge in [0.25, 0.3) is 5.17 Å². The van der Waals surface area contributed by atoms with Gasteiger partial charge in [0.2, 0.25) is 0 Å². The molecule has 0 unspecified atom stereocenters. The van der Waals surface area contributed by atoms with E-state index >= 15 is 0 Å². The molecule has 180 valence electrons. The Morgan fingerprint density at radius 1 is 0.824 bits per heavy atom. The number of thiocarbonyl (C=S) groups is 1. The second-order valence-electron chi connectivity index (χ2n) is 9.17. The van der Waals surface area contributed by atoms with Crippen LogP contribution in [0.4, 0.5) is 11.4 Å². The standard InChI is InChI=1S/C28H34N2O3S/c1-28(2,3)21-13-15-24(16-14-21)33-27(34)30(5)23-10-8-12-26(20-23)32-18-17-29(4)22-9-7-11-25(19-22)31-6/h7-16,19-20H,17-18H2,1-6H3. The molecule has 0 radical (unpaired) electrons. The second-order valence-corrected chi connectivity index (χ2v) is 9.52. The molecule has 0 aliphatic carbocycles. The normalized spacial score (nSPS) is 11.0. The van der Waals surface area contributed by atoms with Crippen LogP contribution in [-0.2, 0) is 5.41 Å². The smallest absolute Gasteiger partial charge is 0.269 e. The van der Waals surface area contributed by atoms with Crippen LogP contribution >= 0.6 is 12.2 Å². The van der Waals surface area contributed by atoms with Crippen molar-refractivity contribution in [2.75, 3.05) is 44.2 Å². The van der Waals surface area contributed by atoms with Crippen molar-refractivity contribution < 1.29 is 14.2 Å². The minimum absolute atomic E-state index is 0.0963. The quantitative estimate of drug-likeness (QED) is 0.353. The SMILES string of the molecule is COc1cccc(N(C)CCOc2cccc(N(C)C(=S)Oc3ccc(C(C)(C)C)cc3)c2)c1. The third-order valence-electron chi connectivity index (χ3n) is 5.59. The molecule has 0 atom stereocenters. The average molecular weight is 479 g/mol. The van der Waals surface area contributed by atoms with Gasteiger partial charge < -0.3 is 24.0 Å². The van der Waals surface area contributed by atoms with Crippen LogP contribution in [0.15, 0.2) is 72.8 Å². The van der Waals surface area contributed by atoms with Gasteiger partial charge in [-0.2, -0.15) is 0 Å². The highest BCUT2D eigenvalue weighted by Gasteiger charge is 2.15. The summed E-state index contributed by atoms with van der Waals surface area (Å²) >= 11 is 5.53. The molecule has 3 aromatic rings. The van der Waals surface area contributed by atoms with Crippen LogP contribution < -0.4 is 24.0 Å². The van der Waals surface area contributed by atoms with Crippen molar-refractivity contribution in [2.45, 2.75) is 26.2 Å².